The highest BCUT2D eigenvalue weighted by Crippen LogP contribution is 2.18. The van der Waals surface area contributed by atoms with Crippen LogP contribution in [0.2, 0.25) is 0 Å². The van der Waals surface area contributed by atoms with E-state index in [0.717, 1.165) is 50.6 Å². The lowest BCUT2D eigenvalue weighted by Crippen LogP contribution is -2.50. The van der Waals surface area contributed by atoms with Gasteiger partial charge in [-0.3, -0.25) is 14.6 Å². The lowest BCUT2D eigenvalue weighted by Gasteiger charge is -2.36. The molecule has 1 atom stereocenters. The predicted octanol–water partition coefficient (Wildman–Crippen LogP) is 2.43. The molecular weight excluding hydrogens is 314 g/mol. The molecule has 1 N–H and O–H groups in total. The molecule has 0 saturated carbocycles. The standard InChI is InChI=1S/C20H31N3O2/c1-16-6-5-8-19(17(16)2)21-20(24)15-23-11-9-22(10-12-23)14-18-7-3-4-13-25-18/h5-6,8,18H,3-4,7,9-15H2,1-2H3,(H,21,24)/t18-/m1/s1. The molecule has 0 bridgehead atoms. The summed E-state index contributed by atoms with van der Waals surface area (Å²) in [6.45, 7) is 10.5. The summed E-state index contributed by atoms with van der Waals surface area (Å²) in [6, 6.07) is 6.03. The monoisotopic (exact) mass is 345 g/mol. The van der Waals surface area contributed by atoms with Crippen LogP contribution >= 0.6 is 0 Å². The minimum Gasteiger partial charge on any atom is -0.377 e. The number of hydrogen-bond acceptors (Lipinski definition) is 4. The third-order valence-electron chi connectivity index (χ3n) is 5.45. The number of anilines is 1. The van der Waals surface area contributed by atoms with Crippen molar-refractivity contribution in [2.24, 2.45) is 0 Å². The van der Waals surface area contributed by atoms with Crippen molar-refractivity contribution in [3.63, 3.8) is 0 Å². The van der Waals surface area contributed by atoms with E-state index in [1.54, 1.807) is 0 Å². The van der Waals surface area contributed by atoms with Crippen LogP contribution in [0.3, 0.4) is 0 Å². The number of amides is 1. The van der Waals surface area contributed by atoms with E-state index in [0.29, 0.717) is 12.6 Å². The molecule has 0 aromatic heterocycles. The average Bonchev–Trinajstić information content (AvgIpc) is 2.62. The number of rotatable bonds is 5. The molecule has 2 saturated heterocycles. The Kier molecular flexibility index (Phi) is 6.45. The van der Waals surface area contributed by atoms with Crippen molar-refractivity contribution in [2.75, 3.05) is 51.2 Å². The number of carbonyl (C=O) groups excluding carboxylic acids is 1. The molecule has 5 nitrogen and oxygen atoms in total. The first-order valence-corrected chi connectivity index (χ1v) is 9.54. The Morgan fingerprint density at radius 3 is 2.64 bits per heavy atom. The van der Waals surface area contributed by atoms with E-state index in [1.165, 1.54) is 24.8 Å². The largest absolute Gasteiger partial charge is 0.377 e. The number of nitrogens with one attached hydrogen (secondary N) is 1. The maximum Gasteiger partial charge on any atom is 0.238 e. The first kappa shape index (κ1) is 18.4. The minimum absolute atomic E-state index is 0.0813. The van der Waals surface area contributed by atoms with Crippen molar-refractivity contribution in [2.45, 2.75) is 39.2 Å². The van der Waals surface area contributed by atoms with Gasteiger partial charge in [0.15, 0.2) is 0 Å². The molecule has 0 unspecified atom stereocenters. The number of ether oxygens (including phenoxy) is 1. The van der Waals surface area contributed by atoms with Crippen LogP contribution < -0.4 is 5.32 Å². The zero-order valence-corrected chi connectivity index (χ0v) is 15.6. The van der Waals surface area contributed by atoms with Crippen LogP contribution in [-0.2, 0) is 9.53 Å². The van der Waals surface area contributed by atoms with Gasteiger partial charge in [-0.2, -0.15) is 0 Å². The second-order valence-corrected chi connectivity index (χ2v) is 7.36. The van der Waals surface area contributed by atoms with Gasteiger partial charge in [-0.1, -0.05) is 12.1 Å². The van der Waals surface area contributed by atoms with Crippen molar-refractivity contribution < 1.29 is 9.53 Å². The summed E-state index contributed by atoms with van der Waals surface area (Å²) in [7, 11) is 0. The fraction of sp³-hybridized carbons (Fsp3) is 0.650. The first-order valence-electron chi connectivity index (χ1n) is 9.54. The lowest BCUT2D eigenvalue weighted by atomic mass is 10.1. The molecule has 138 valence electrons. The van der Waals surface area contributed by atoms with Crippen molar-refractivity contribution in [3.05, 3.63) is 29.3 Å². The number of nitrogens with zero attached hydrogens (tertiary/aromatic N) is 2. The second kappa shape index (κ2) is 8.79. The van der Waals surface area contributed by atoms with Gasteiger partial charge in [-0.15, -0.1) is 0 Å². The molecule has 0 radical (unpaired) electrons. The Morgan fingerprint density at radius 1 is 1.16 bits per heavy atom. The zero-order chi connectivity index (χ0) is 17.6. The fourth-order valence-corrected chi connectivity index (χ4v) is 3.65. The van der Waals surface area contributed by atoms with Gasteiger partial charge in [0.25, 0.3) is 0 Å². The van der Waals surface area contributed by atoms with Gasteiger partial charge < -0.3 is 10.1 Å². The van der Waals surface area contributed by atoms with Crippen molar-refractivity contribution >= 4 is 11.6 Å². The first-order chi connectivity index (χ1) is 12.1. The molecular formula is C20H31N3O2. The van der Waals surface area contributed by atoms with E-state index in [1.807, 2.05) is 12.1 Å². The molecule has 1 aromatic rings. The molecule has 2 aliphatic heterocycles. The van der Waals surface area contributed by atoms with E-state index in [-0.39, 0.29) is 5.91 Å². The minimum atomic E-state index is 0.0813. The number of benzene rings is 1. The number of aryl methyl sites for hydroxylation is 1. The predicted molar refractivity (Wildman–Crippen MR) is 101 cm³/mol. The molecule has 2 aliphatic rings. The molecule has 0 aliphatic carbocycles. The van der Waals surface area contributed by atoms with Gasteiger partial charge in [-0.25, -0.2) is 0 Å². The van der Waals surface area contributed by atoms with Crippen LogP contribution in [0.5, 0.6) is 0 Å². The van der Waals surface area contributed by atoms with Gasteiger partial charge in [0.2, 0.25) is 5.91 Å². The summed E-state index contributed by atoms with van der Waals surface area (Å²) in [5.74, 6) is 0.0813. The summed E-state index contributed by atoms with van der Waals surface area (Å²) in [6.07, 6.45) is 4.11. The van der Waals surface area contributed by atoms with Crippen LogP contribution in [0.15, 0.2) is 18.2 Å². The Hall–Kier alpha value is -1.43. The number of carbonyl (C=O) groups is 1. The van der Waals surface area contributed by atoms with E-state index in [2.05, 4.69) is 35.0 Å². The topological polar surface area (TPSA) is 44.8 Å². The summed E-state index contributed by atoms with van der Waals surface area (Å²) in [5, 5.41) is 3.06. The summed E-state index contributed by atoms with van der Waals surface area (Å²) in [4.78, 5) is 17.1. The summed E-state index contributed by atoms with van der Waals surface area (Å²) in [5.41, 5.74) is 3.28. The molecule has 2 heterocycles. The van der Waals surface area contributed by atoms with Gasteiger partial charge in [-0.05, 0) is 50.3 Å². The Labute approximate surface area is 151 Å². The smallest absolute Gasteiger partial charge is 0.238 e. The highest BCUT2D eigenvalue weighted by Gasteiger charge is 2.23. The van der Waals surface area contributed by atoms with E-state index in [4.69, 9.17) is 4.74 Å². The van der Waals surface area contributed by atoms with E-state index in [9.17, 15) is 4.79 Å². The number of hydrogen-bond donors (Lipinski definition) is 1. The molecule has 1 amide bonds. The molecule has 25 heavy (non-hydrogen) atoms. The maximum atomic E-state index is 12.4. The Bertz CT molecular complexity index is 576. The Morgan fingerprint density at radius 2 is 1.92 bits per heavy atom. The van der Waals surface area contributed by atoms with Gasteiger partial charge in [0.1, 0.15) is 0 Å². The van der Waals surface area contributed by atoms with Crippen molar-refractivity contribution in [1.29, 1.82) is 0 Å². The highest BCUT2D eigenvalue weighted by molar-refractivity contribution is 5.93. The van der Waals surface area contributed by atoms with Gasteiger partial charge >= 0.3 is 0 Å². The van der Waals surface area contributed by atoms with Gasteiger partial charge in [0.05, 0.1) is 12.6 Å². The molecule has 0 spiro atoms. The maximum absolute atomic E-state index is 12.4. The molecule has 3 rings (SSSR count). The van der Waals surface area contributed by atoms with E-state index < -0.39 is 0 Å². The van der Waals surface area contributed by atoms with Crippen molar-refractivity contribution in [1.82, 2.24) is 9.80 Å². The second-order valence-electron chi connectivity index (χ2n) is 7.36. The Balaban J connectivity index is 1.41. The molecule has 5 heteroatoms. The zero-order valence-electron chi connectivity index (χ0n) is 15.6. The normalized spacial score (nSPS) is 22.7. The third kappa shape index (κ3) is 5.27. The number of piperazine rings is 1. The highest BCUT2D eigenvalue weighted by atomic mass is 16.5. The average molecular weight is 345 g/mol. The molecule has 1 aromatic carbocycles. The van der Waals surface area contributed by atoms with Crippen LogP contribution in [0.4, 0.5) is 5.69 Å². The van der Waals surface area contributed by atoms with Crippen LogP contribution in [0, 0.1) is 13.8 Å². The van der Waals surface area contributed by atoms with Crippen LogP contribution in [-0.4, -0.2) is 67.7 Å². The lowest BCUT2D eigenvalue weighted by molar-refractivity contribution is -0.117. The van der Waals surface area contributed by atoms with Crippen molar-refractivity contribution in [3.8, 4) is 0 Å². The van der Waals surface area contributed by atoms with E-state index >= 15 is 0 Å². The van der Waals surface area contributed by atoms with Gasteiger partial charge in [0, 0.05) is 45.0 Å². The molecule has 2 fully saturated rings. The fourth-order valence-electron chi connectivity index (χ4n) is 3.65. The summed E-state index contributed by atoms with van der Waals surface area (Å²) >= 11 is 0. The van der Waals surface area contributed by atoms with Crippen LogP contribution in [0.25, 0.3) is 0 Å². The quantitative estimate of drug-likeness (QED) is 0.890. The third-order valence-corrected chi connectivity index (χ3v) is 5.45. The summed E-state index contributed by atoms with van der Waals surface area (Å²) < 4.78 is 5.84. The van der Waals surface area contributed by atoms with Crippen LogP contribution in [0.1, 0.15) is 30.4 Å². The SMILES string of the molecule is Cc1cccc(NC(=O)CN2CCN(C[C@H]3CCCCO3)CC2)c1C.